The Morgan fingerprint density at radius 2 is 1.57 bits per heavy atom. The highest BCUT2D eigenvalue weighted by molar-refractivity contribution is 5.83. The van der Waals surface area contributed by atoms with Gasteiger partial charge >= 0.3 is 0 Å². The van der Waals surface area contributed by atoms with Crippen LogP contribution in [0.3, 0.4) is 0 Å². The third-order valence-corrected chi connectivity index (χ3v) is 3.45. The lowest BCUT2D eigenvalue weighted by molar-refractivity contribution is -0.123. The Labute approximate surface area is 124 Å². The quantitative estimate of drug-likeness (QED) is 0.907. The number of amides is 1. The highest BCUT2D eigenvalue weighted by Crippen LogP contribution is 2.16. The molecule has 0 aliphatic carbocycles. The van der Waals surface area contributed by atoms with E-state index in [0.29, 0.717) is 0 Å². The Hall–Kier alpha value is -2.20. The van der Waals surface area contributed by atoms with Crippen molar-refractivity contribution in [2.45, 2.75) is 25.9 Å². The Balaban J connectivity index is 2.03. The van der Waals surface area contributed by atoms with Crippen LogP contribution >= 0.6 is 0 Å². The van der Waals surface area contributed by atoms with E-state index < -0.39 is 6.04 Å². The van der Waals surface area contributed by atoms with Crippen molar-refractivity contribution in [1.29, 1.82) is 0 Å². The maximum absolute atomic E-state index is 12.9. The maximum atomic E-state index is 12.9. The van der Waals surface area contributed by atoms with E-state index in [1.807, 2.05) is 38.1 Å². The lowest BCUT2D eigenvalue weighted by atomic mass is 10.0. The summed E-state index contributed by atoms with van der Waals surface area (Å²) in [5.74, 6) is -0.552. The van der Waals surface area contributed by atoms with E-state index in [2.05, 4.69) is 5.32 Å². The Kier molecular flexibility index (Phi) is 4.70. The van der Waals surface area contributed by atoms with Crippen molar-refractivity contribution in [2.24, 2.45) is 5.73 Å². The predicted molar refractivity (Wildman–Crippen MR) is 81.1 cm³/mol. The number of halogens is 1. The second-order valence-corrected chi connectivity index (χ2v) is 5.17. The fourth-order valence-electron chi connectivity index (χ4n) is 2.06. The van der Waals surface area contributed by atoms with Crippen molar-refractivity contribution < 1.29 is 9.18 Å². The van der Waals surface area contributed by atoms with E-state index in [4.69, 9.17) is 5.73 Å². The van der Waals surface area contributed by atoms with Crippen LogP contribution in [0.25, 0.3) is 0 Å². The first-order valence-electron chi connectivity index (χ1n) is 6.85. The van der Waals surface area contributed by atoms with Crippen molar-refractivity contribution in [3.8, 4) is 0 Å². The van der Waals surface area contributed by atoms with Gasteiger partial charge < -0.3 is 11.1 Å². The number of aryl methyl sites for hydroxylation is 1. The topological polar surface area (TPSA) is 55.1 Å². The molecule has 0 heterocycles. The SMILES string of the molecule is Cc1ccc(C(N)C(=O)NC(C)c2ccc(F)cc2)cc1. The summed E-state index contributed by atoms with van der Waals surface area (Å²) in [7, 11) is 0. The Morgan fingerprint density at radius 1 is 1.05 bits per heavy atom. The van der Waals surface area contributed by atoms with Crippen molar-refractivity contribution in [2.75, 3.05) is 0 Å². The molecule has 2 aromatic rings. The largest absolute Gasteiger partial charge is 0.348 e. The van der Waals surface area contributed by atoms with Gasteiger partial charge in [0, 0.05) is 0 Å². The lowest BCUT2D eigenvalue weighted by Gasteiger charge is -2.18. The van der Waals surface area contributed by atoms with Gasteiger partial charge in [-0.1, -0.05) is 42.0 Å². The van der Waals surface area contributed by atoms with E-state index >= 15 is 0 Å². The number of nitrogens with one attached hydrogen (secondary N) is 1. The zero-order valence-corrected chi connectivity index (χ0v) is 12.1. The van der Waals surface area contributed by atoms with Gasteiger partial charge in [0.1, 0.15) is 11.9 Å². The van der Waals surface area contributed by atoms with Crippen LogP contribution in [0.15, 0.2) is 48.5 Å². The molecule has 0 aliphatic rings. The van der Waals surface area contributed by atoms with Gasteiger partial charge in [0.15, 0.2) is 0 Å². The van der Waals surface area contributed by atoms with Gasteiger partial charge in [-0.3, -0.25) is 4.79 Å². The molecule has 3 N–H and O–H groups in total. The van der Waals surface area contributed by atoms with E-state index in [1.54, 1.807) is 12.1 Å². The summed E-state index contributed by atoms with van der Waals surface area (Å²) in [6, 6.07) is 12.6. The molecule has 2 atom stereocenters. The molecule has 0 spiro atoms. The molecule has 0 bridgehead atoms. The smallest absolute Gasteiger partial charge is 0.241 e. The summed E-state index contributed by atoms with van der Waals surface area (Å²) < 4.78 is 12.9. The molecule has 2 aromatic carbocycles. The molecule has 0 radical (unpaired) electrons. The zero-order valence-electron chi connectivity index (χ0n) is 12.1. The first-order chi connectivity index (χ1) is 9.97. The van der Waals surface area contributed by atoms with Crippen LogP contribution in [-0.4, -0.2) is 5.91 Å². The number of carbonyl (C=O) groups excluding carboxylic acids is 1. The molecule has 110 valence electrons. The predicted octanol–water partition coefficient (Wildman–Crippen LogP) is 3.01. The fraction of sp³-hybridized carbons (Fsp3) is 0.235. The maximum Gasteiger partial charge on any atom is 0.241 e. The molecule has 0 fully saturated rings. The van der Waals surface area contributed by atoms with Gasteiger partial charge in [0.2, 0.25) is 5.91 Å². The Bertz CT molecular complexity index is 608. The first kappa shape index (κ1) is 15.2. The standard InChI is InChI=1S/C17H19FN2O/c1-11-3-5-14(6-4-11)16(19)17(21)20-12(2)13-7-9-15(18)10-8-13/h3-10,12,16H,19H2,1-2H3,(H,20,21). The second-order valence-electron chi connectivity index (χ2n) is 5.17. The number of hydrogen-bond acceptors (Lipinski definition) is 2. The van der Waals surface area contributed by atoms with Crippen LogP contribution in [0.1, 0.15) is 35.7 Å². The molecule has 0 aromatic heterocycles. The monoisotopic (exact) mass is 286 g/mol. The van der Waals surface area contributed by atoms with Gasteiger partial charge in [-0.05, 0) is 37.1 Å². The molecule has 2 rings (SSSR count). The summed E-state index contributed by atoms with van der Waals surface area (Å²) in [6.45, 7) is 3.82. The molecule has 0 saturated heterocycles. The molecule has 21 heavy (non-hydrogen) atoms. The molecular weight excluding hydrogens is 267 g/mol. The van der Waals surface area contributed by atoms with Crippen molar-refractivity contribution in [3.05, 3.63) is 71.0 Å². The summed E-state index contributed by atoms with van der Waals surface area (Å²) in [4.78, 5) is 12.2. The number of benzene rings is 2. The van der Waals surface area contributed by atoms with Gasteiger partial charge in [-0.25, -0.2) is 4.39 Å². The zero-order chi connectivity index (χ0) is 15.4. The number of nitrogens with two attached hydrogens (primary N) is 1. The minimum absolute atomic E-state index is 0.227. The van der Waals surface area contributed by atoms with Crippen molar-refractivity contribution in [3.63, 3.8) is 0 Å². The molecular formula is C17H19FN2O. The van der Waals surface area contributed by atoms with Gasteiger partial charge in [-0.15, -0.1) is 0 Å². The summed E-state index contributed by atoms with van der Waals surface area (Å²) in [5.41, 5.74) is 8.69. The van der Waals surface area contributed by atoms with Crippen molar-refractivity contribution >= 4 is 5.91 Å². The van der Waals surface area contributed by atoms with Crippen LogP contribution < -0.4 is 11.1 Å². The molecule has 1 amide bonds. The summed E-state index contributed by atoms with van der Waals surface area (Å²) in [5, 5.41) is 2.84. The van der Waals surface area contributed by atoms with Crippen LogP contribution in [0.2, 0.25) is 0 Å². The highest BCUT2D eigenvalue weighted by Gasteiger charge is 2.18. The number of rotatable bonds is 4. The Morgan fingerprint density at radius 3 is 2.14 bits per heavy atom. The van der Waals surface area contributed by atoms with Crippen LogP contribution in [0, 0.1) is 12.7 Å². The van der Waals surface area contributed by atoms with Crippen LogP contribution in [-0.2, 0) is 4.79 Å². The van der Waals surface area contributed by atoms with Gasteiger partial charge in [0.25, 0.3) is 0 Å². The molecule has 0 saturated carbocycles. The molecule has 4 heteroatoms. The fourth-order valence-corrected chi connectivity index (χ4v) is 2.06. The molecule has 3 nitrogen and oxygen atoms in total. The summed E-state index contributed by atoms with van der Waals surface area (Å²) in [6.07, 6.45) is 0. The third kappa shape index (κ3) is 3.89. The van der Waals surface area contributed by atoms with E-state index in [1.165, 1.54) is 12.1 Å². The first-order valence-corrected chi connectivity index (χ1v) is 6.85. The minimum atomic E-state index is -0.714. The van der Waals surface area contributed by atoms with Crippen LogP contribution in [0.5, 0.6) is 0 Å². The van der Waals surface area contributed by atoms with E-state index in [9.17, 15) is 9.18 Å². The van der Waals surface area contributed by atoms with Gasteiger partial charge in [-0.2, -0.15) is 0 Å². The third-order valence-electron chi connectivity index (χ3n) is 3.45. The number of hydrogen-bond donors (Lipinski definition) is 2. The lowest BCUT2D eigenvalue weighted by Crippen LogP contribution is -2.35. The van der Waals surface area contributed by atoms with E-state index in [0.717, 1.165) is 16.7 Å². The molecule has 0 aliphatic heterocycles. The minimum Gasteiger partial charge on any atom is -0.348 e. The summed E-state index contributed by atoms with van der Waals surface area (Å²) >= 11 is 0. The average molecular weight is 286 g/mol. The van der Waals surface area contributed by atoms with Crippen molar-refractivity contribution in [1.82, 2.24) is 5.32 Å². The highest BCUT2D eigenvalue weighted by atomic mass is 19.1. The average Bonchev–Trinajstić information content (AvgIpc) is 2.47. The van der Waals surface area contributed by atoms with E-state index in [-0.39, 0.29) is 17.8 Å². The van der Waals surface area contributed by atoms with Gasteiger partial charge in [0.05, 0.1) is 6.04 Å². The second kappa shape index (κ2) is 6.50. The molecule has 2 unspecified atom stereocenters. The number of carbonyl (C=O) groups is 1. The van der Waals surface area contributed by atoms with Crippen LogP contribution in [0.4, 0.5) is 4.39 Å². The normalized spacial score (nSPS) is 13.5.